The van der Waals surface area contributed by atoms with Crippen molar-refractivity contribution in [3.8, 4) is 16.9 Å². The molecule has 0 fully saturated rings. The number of ether oxygens (including phenoxy) is 2. The molecule has 2 aromatic rings. The van der Waals surface area contributed by atoms with E-state index >= 15 is 0 Å². The van der Waals surface area contributed by atoms with Crippen LogP contribution < -0.4 is 4.74 Å². The van der Waals surface area contributed by atoms with Crippen LogP contribution in [-0.2, 0) is 17.8 Å². The topological polar surface area (TPSA) is 35.5 Å². The van der Waals surface area contributed by atoms with Crippen LogP contribution >= 0.6 is 0 Å². The van der Waals surface area contributed by atoms with E-state index in [0.717, 1.165) is 46.4 Å². The molecule has 128 valence electrons. The average molecular weight is 334 g/mol. The Kier molecular flexibility index (Phi) is 3.87. The molecule has 1 heterocycles. The van der Waals surface area contributed by atoms with Crippen LogP contribution in [0.4, 0.5) is 0 Å². The summed E-state index contributed by atoms with van der Waals surface area (Å²) in [6.07, 6.45) is 2.64. The Labute approximate surface area is 148 Å². The molecule has 0 radical (unpaired) electrons. The number of ketones is 1. The Morgan fingerprint density at radius 3 is 2.72 bits per heavy atom. The van der Waals surface area contributed by atoms with Crippen LogP contribution in [0.3, 0.4) is 0 Å². The predicted octanol–water partition coefficient (Wildman–Crippen LogP) is 5.16. The molecule has 0 amide bonds. The first-order valence-corrected chi connectivity index (χ1v) is 8.85. The number of benzene rings is 2. The highest BCUT2D eigenvalue weighted by atomic mass is 16.5. The van der Waals surface area contributed by atoms with Gasteiger partial charge in [0.25, 0.3) is 0 Å². The van der Waals surface area contributed by atoms with E-state index in [1.165, 1.54) is 5.56 Å². The van der Waals surface area contributed by atoms with Crippen LogP contribution in [0.5, 0.6) is 5.75 Å². The fourth-order valence-corrected chi connectivity index (χ4v) is 3.65. The van der Waals surface area contributed by atoms with Crippen LogP contribution in [0.15, 0.2) is 36.9 Å². The Hall–Kier alpha value is -2.55. The minimum atomic E-state index is 0.101. The maximum atomic E-state index is 12.1. The fraction of sp³-hybridized carbons (Fsp3) is 0.318. The quantitative estimate of drug-likeness (QED) is 0.727. The van der Waals surface area contributed by atoms with Crippen molar-refractivity contribution in [3.05, 3.63) is 59.2 Å². The van der Waals surface area contributed by atoms with Crippen molar-refractivity contribution >= 4 is 11.5 Å². The van der Waals surface area contributed by atoms with Gasteiger partial charge in [-0.05, 0) is 61.6 Å². The third kappa shape index (κ3) is 2.84. The van der Waals surface area contributed by atoms with E-state index in [4.69, 9.17) is 9.47 Å². The maximum absolute atomic E-state index is 12.1. The molecule has 0 spiro atoms. The monoisotopic (exact) mass is 334 g/mol. The van der Waals surface area contributed by atoms with E-state index in [9.17, 15) is 4.79 Å². The number of hydrogen-bond acceptors (Lipinski definition) is 3. The first kappa shape index (κ1) is 15.9. The van der Waals surface area contributed by atoms with Gasteiger partial charge in [-0.25, -0.2) is 0 Å². The number of rotatable bonds is 3. The summed E-state index contributed by atoms with van der Waals surface area (Å²) in [5.74, 6) is 1.72. The lowest BCUT2D eigenvalue weighted by Gasteiger charge is -2.25. The molecule has 0 saturated heterocycles. The molecule has 0 saturated carbocycles. The number of carbonyl (C=O) groups is 1. The molecular weight excluding hydrogens is 312 g/mol. The first-order valence-electron chi connectivity index (χ1n) is 8.85. The Morgan fingerprint density at radius 1 is 1.08 bits per heavy atom. The van der Waals surface area contributed by atoms with Gasteiger partial charge in [-0.3, -0.25) is 4.79 Å². The number of fused-ring (bicyclic) bond motifs is 4. The van der Waals surface area contributed by atoms with Crippen molar-refractivity contribution in [3.63, 3.8) is 0 Å². The first-order chi connectivity index (χ1) is 12.0. The highest BCUT2D eigenvalue weighted by Gasteiger charge is 2.24. The fourth-order valence-electron chi connectivity index (χ4n) is 3.65. The molecule has 0 aromatic heterocycles. The summed E-state index contributed by atoms with van der Waals surface area (Å²) in [6, 6.07) is 10.3. The standard InChI is InChI=1S/C22H22O3/c1-13(2)25-14(3)15-7-8-18-17(9-15)12-24-22-11-19-16(10-20(18)22)5-4-6-21(19)23/h7-11,13H,3-6,12H2,1-2H3. The Bertz CT molecular complexity index is 877. The smallest absolute Gasteiger partial charge is 0.163 e. The lowest BCUT2D eigenvalue weighted by Crippen LogP contribution is -2.14. The van der Waals surface area contributed by atoms with Crippen molar-refractivity contribution in [2.75, 3.05) is 0 Å². The number of hydrogen-bond donors (Lipinski definition) is 0. The van der Waals surface area contributed by atoms with Crippen LogP contribution in [0.2, 0.25) is 0 Å². The average Bonchev–Trinajstić information content (AvgIpc) is 2.59. The van der Waals surface area contributed by atoms with Crippen LogP contribution in [0, 0.1) is 0 Å². The molecule has 0 N–H and O–H groups in total. The molecule has 2 aliphatic rings. The Balaban J connectivity index is 1.75. The highest BCUT2D eigenvalue weighted by molar-refractivity contribution is 6.00. The minimum absolute atomic E-state index is 0.101. The van der Waals surface area contributed by atoms with E-state index in [-0.39, 0.29) is 11.9 Å². The number of Topliss-reactive ketones (excluding diaryl/α,β-unsaturated/α-hetero) is 1. The molecule has 4 rings (SSSR count). The van der Waals surface area contributed by atoms with Gasteiger partial charge in [-0.2, -0.15) is 0 Å². The van der Waals surface area contributed by atoms with Crippen LogP contribution in [0.25, 0.3) is 16.9 Å². The van der Waals surface area contributed by atoms with Crippen molar-refractivity contribution in [1.29, 1.82) is 0 Å². The molecule has 3 heteroatoms. The van der Waals surface area contributed by atoms with Crippen molar-refractivity contribution in [2.45, 2.75) is 45.8 Å². The van der Waals surface area contributed by atoms with Gasteiger partial charge < -0.3 is 9.47 Å². The van der Waals surface area contributed by atoms with E-state index in [1.807, 2.05) is 26.0 Å². The summed E-state index contributed by atoms with van der Waals surface area (Å²) in [6.45, 7) is 8.51. The maximum Gasteiger partial charge on any atom is 0.163 e. The van der Waals surface area contributed by atoms with E-state index in [0.29, 0.717) is 18.8 Å². The summed E-state index contributed by atoms with van der Waals surface area (Å²) < 4.78 is 11.7. The van der Waals surface area contributed by atoms with Gasteiger partial charge in [0, 0.05) is 23.1 Å². The van der Waals surface area contributed by atoms with Gasteiger partial charge in [0.15, 0.2) is 5.78 Å². The summed E-state index contributed by atoms with van der Waals surface area (Å²) in [5.41, 5.74) is 6.33. The van der Waals surface area contributed by atoms with Gasteiger partial charge in [0.2, 0.25) is 0 Å². The molecule has 2 aromatic carbocycles. The molecule has 0 unspecified atom stereocenters. The molecule has 0 atom stereocenters. The summed E-state index contributed by atoms with van der Waals surface area (Å²) in [5, 5.41) is 0. The van der Waals surface area contributed by atoms with Gasteiger partial charge in [-0.1, -0.05) is 18.7 Å². The molecular formula is C22H22O3. The van der Waals surface area contributed by atoms with Crippen LogP contribution in [-0.4, -0.2) is 11.9 Å². The summed E-state index contributed by atoms with van der Waals surface area (Å²) >= 11 is 0. The van der Waals surface area contributed by atoms with E-state index in [2.05, 4.69) is 24.8 Å². The molecule has 3 nitrogen and oxygen atoms in total. The highest BCUT2D eigenvalue weighted by Crippen LogP contribution is 2.41. The molecule has 25 heavy (non-hydrogen) atoms. The zero-order valence-corrected chi connectivity index (χ0v) is 14.7. The number of carbonyl (C=O) groups excluding carboxylic acids is 1. The van der Waals surface area contributed by atoms with Gasteiger partial charge in [0.1, 0.15) is 18.1 Å². The lowest BCUT2D eigenvalue weighted by molar-refractivity contribution is 0.0972. The zero-order valence-electron chi connectivity index (χ0n) is 14.7. The summed E-state index contributed by atoms with van der Waals surface area (Å²) in [7, 11) is 0. The van der Waals surface area contributed by atoms with Gasteiger partial charge >= 0.3 is 0 Å². The largest absolute Gasteiger partial charge is 0.491 e. The van der Waals surface area contributed by atoms with Crippen molar-refractivity contribution < 1.29 is 14.3 Å². The summed E-state index contributed by atoms with van der Waals surface area (Å²) in [4.78, 5) is 12.1. The number of aryl methyl sites for hydroxylation is 1. The molecule has 0 bridgehead atoms. The molecule has 1 aliphatic carbocycles. The van der Waals surface area contributed by atoms with Gasteiger partial charge in [0.05, 0.1) is 6.10 Å². The lowest BCUT2D eigenvalue weighted by atomic mass is 9.86. The van der Waals surface area contributed by atoms with Gasteiger partial charge in [-0.15, -0.1) is 0 Å². The minimum Gasteiger partial charge on any atom is -0.491 e. The SMILES string of the molecule is C=C(OC(C)C)c1ccc2c(c1)COc1cc3c(cc1-2)CCCC3=O. The van der Waals surface area contributed by atoms with E-state index in [1.54, 1.807) is 0 Å². The third-order valence-electron chi connectivity index (χ3n) is 4.83. The van der Waals surface area contributed by atoms with Crippen LogP contribution in [0.1, 0.15) is 53.7 Å². The molecule has 1 aliphatic heterocycles. The second-order valence-electron chi connectivity index (χ2n) is 7.03. The van der Waals surface area contributed by atoms with Crippen molar-refractivity contribution in [1.82, 2.24) is 0 Å². The predicted molar refractivity (Wildman–Crippen MR) is 98.7 cm³/mol. The normalized spacial score (nSPS) is 15.1. The third-order valence-corrected chi connectivity index (χ3v) is 4.83. The van der Waals surface area contributed by atoms with E-state index < -0.39 is 0 Å². The second-order valence-corrected chi connectivity index (χ2v) is 7.03. The zero-order chi connectivity index (χ0) is 17.6. The van der Waals surface area contributed by atoms with Crippen molar-refractivity contribution in [2.24, 2.45) is 0 Å². The second kappa shape index (κ2) is 6.07. The Morgan fingerprint density at radius 2 is 1.92 bits per heavy atom.